The highest BCUT2D eigenvalue weighted by Crippen LogP contribution is 2.24. The van der Waals surface area contributed by atoms with Crippen molar-refractivity contribution in [2.75, 3.05) is 6.54 Å². The lowest BCUT2D eigenvalue weighted by Crippen LogP contribution is -2.46. The van der Waals surface area contributed by atoms with E-state index in [4.69, 9.17) is 0 Å². The molecule has 1 aromatic rings. The fraction of sp³-hybridized carbons (Fsp3) is 0.400. The van der Waals surface area contributed by atoms with Gasteiger partial charge in [0.25, 0.3) is 0 Å². The molecule has 2 heterocycles. The summed E-state index contributed by atoms with van der Waals surface area (Å²) >= 11 is 0. The van der Waals surface area contributed by atoms with Crippen LogP contribution in [0.1, 0.15) is 34.3 Å². The Bertz CT molecular complexity index is 626. The van der Waals surface area contributed by atoms with Gasteiger partial charge in [-0.3, -0.25) is 9.59 Å². The Labute approximate surface area is 121 Å². The average Bonchev–Trinajstić information content (AvgIpc) is 2.91. The first kappa shape index (κ1) is 13.6. The van der Waals surface area contributed by atoms with Crippen molar-refractivity contribution in [3.05, 3.63) is 34.9 Å². The van der Waals surface area contributed by atoms with Crippen LogP contribution in [0.15, 0.2) is 18.2 Å². The minimum absolute atomic E-state index is 0.0766. The van der Waals surface area contributed by atoms with Crippen molar-refractivity contribution < 1.29 is 19.5 Å². The molecule has 2 N–H and O–H groups in total. The molecule has 110 valence electrons. The van der Waals surface area contributed by atoms with Crippen LogP contribution in [0, 0.1) is 0 Å². The van der Waals surface area contributed by atoms with Crippen LogP contribution in [0.2, 0.25) is 0 Å². The third kappa shape index (κ3) is 2.49. The standard InChI is InChI=1S/C15H16N2O4/c18-13-5-4-12(16-13)14(19)17-7-6-10-9(8-17)2-1-3-11(10)15(20)21/h1-3,12H,4-8H2,(H,16,18)(H,20,21)/t12-/m0/s1. The molecule has 0 unspecified atom stereocenters. The zero-order chi connectivity index (χ0) is 15.0. The number of carboxylic acid groups (broad SMARTS) is 1. The number of nitrogens with zero attached hydrogens (tertiary/aromatic N) is 1. The second kappa shape index (κ2) is 5.20. The molecule has 1 saturated heterocycles. The highest BCUT2D eigenvalue weighted by atomic mass is 16.4. The van der Waals surface area contributed by atoms with Crippen LogP contribution in [0.3, 0.4) is 0 Å². The summed E-state index contributed by atoms with van der Waals surface area (Å²) in [6, 6.07) is 4.72. The van der Waals surface area contributed by atoms with E-state index in [0.29, 0.717) is 37.9 Å². The fourth-order valence-electron chi connectivity index (χ4n) is 3.02. The SMILES string of the molecule is O=C1CC[C@@H](C(=O)N2CCc3c(cccc3C(=O)O)C2)N1. The third-order valence-electron chi connectivity index (χ3n) is 4.10. The van der Waals surface area contributed by atoms with Crippen molar-refractivity contribution in [1.82, 2.24) is 10.2 Å². The van der Waals surface area contributed by atoms with Gasteiger partial charge in [-0.2, -0.15) is 0 Å². The van der Waals surface area contributed by atoms with E-state index in [1.54, 1.807) is 17.0 Å². The fourth-order valence-corrected chi connectivity index (χ4v) is 3.02. The first-order chi connectivity index (χ1) is 10.1. The molecule has 2 aliphatic heterocycles. The highest BCUT2D eigenvalue weighted by Gasteiger charge is 2.32. The molecule has 0 aromatic heterocycles. The van der Waals surface area contributed by atoms with Gasteiger partial charge in [0.15, 0.2) is 0 Å². The predicted octanol–water partition coefficient (Wildman–Crippen LogP) is 0.548. The number of carbonyl (C=O) groups is 3. The summed E-state index contributed by atoms with van der Waals surface area (Å²) in [6.07, 6.45) is 1.46. The van der Waals surface area contributed by atoms with Crippen molar-refractivity contribution in [2.45, 2.75) is 31.8 Å². The van der Waals surface area contributed by atoms with Crippen molar-refractivity contribution in [1.29, 1.82) is 0 Å². The lowest BCUT2D eigenvalue weighted by molar-refractivity contribution is -0.135. The lowest BCUT2D eigenvalue weighted by Gasteiger charge is -2.31. The number of hydrogen-bond donors (Lipinski definition) is 2. The Balaban J connectivity index is 1.79. The van der Waals surface area contributed by atoms with Crippen LogP contribution in [-0.4, -0.2) is 40.4 Å². The highest BCUT2D eigenvalue weighted by molar-refractivity contribution is 5.92. The molecular weight excluding hydrogens is 272 g/mol. The van der Waals surface area contributed by atoms with E-state index in [-0.39, 0.29) is 11.8 Å². The molecule has 0 saturated carbocycles. The average molecular weight is 288 g/mol. The van der Waals surface area contributed by atoms with E-state index >= 15 is 0 Å². The maximum atomic E-state index is 12.4. The van der Waals surface area contributed by atoms with Crippen LogP contribution in [-0.2, 0) is 22.6 Å². The van der Waals surface area contributed by atoms with Crippen molar-refractivity contribution in [3.8, 4) is 0 Å². The van der Waals surface area contributed by atoms with Gasteiger partial charge in [0.2, 0.25) is 11.8 Å². The first-order valence-corrected chi connectivity index (χ1v) is 6.98. The molecule has 0 radical (unpaired) electrons. The normalized spacial score (nSPS) is 20.9. The minimum atomic E-state index is -0.935. The second-order valence-electron chi connectivity index (χ2n) is 5.42. The summed E-state index contributed by atoms with van der Waals surface area (Å²) in [7, 11) is 0. The summed E-state index contributed by atoms with van der Waals surface area (Å²) in [4.78, 5) is 36.5. The number of rotatable bonds is 2. The Morgan fingerprint density at radius 2 is 2.10 bits per heavy atom. The number of carboxylic acids is 1. The van der Waals surface area contributed by atoms with Gasteiger partial charge in [-0.15, -0.1) is 0 Å². The van der Waals surface area contributed by atoms with E-state index in [1.807, 2.05) is 6.07 Å². The van der Waals surface area contributed by atoms with Gasteiger partial charge in [-0.1, -0.05) is 12.1 Å². The molecule has 1 fully saturated rings. The summed E-state index contributed by atoms with van der Waals surface area (Å²) in [5, 5.41) is 11.9. The molecule has 6 nitrogen and oxygen atoms in total. The van der Waals surface area contributed by atoms with Crippen molar-refractivity contribution >= 4 is 17.8 Å². The van der Waals surface area contributed by atoms with Gasteiger partial charge in [0, 0.05) is 19.5 Å². The number of nitrogens with one attached hydrogen (secondary N) is 1. The quantitative estimate of drug-likeness (QED) is 0.832. The van der Waals surface area contributed by atoms with Gasteiger partial charge in [-0.25, -0.2) is 4.79 Å². The van der Waals surface area contributed by atoms with Gasteiger partial charge < -0.3 is 15.3 Å². The zero-order valence-corrected chi connectivity index (χ0v) is 11.5. The maximum Gasteiger partial charge on any atom is 0.335 e. The molecule has 6 heteroatoms. The topological polar surface area (TPSA) is 86.7 Å². The van der Waals surface area contributed by atoms with Gasteiger partial charge in [0.1, 0.15) is 6.04 Å². The van der Waals surface area contributed by atoms with E-state index in [2.05, 4.69) is 5.32 Å². The number of aromatic carboxylic acids is 1. The first-order valence-electron chi connectivity index (χ1n) is 6.98. The summed E-state index contributed by atoms with van der Waals surface area (Å²) < 4.78 is 0. The number of carbonyl (C=O) groups excluding carboxylic acids is 2. The van der Waals surface area contributed by atoms with E-state index in [1.165, 1.54) is 0 Å². The molecule has 3 rings (SSSR count). The molecule has 2 amide bonds. The molecule has 0 spiro atoms. The Morgan fingerprint density at radius 1 is 1.29 bits per heavy atom. The lowest BCUT2D eigenvalue weighted by atomic mass is 9.94. The zero-order valence-electron chi connectivity index (χ0n) is 11.5. The number of benzene rings is 1. The van der Waals surface area contributed by atoms with E-state index in [9.17, 15) is 19.5 Å². The predicted molar refractivity (Wildman–Crippen MR) is 73.7 cm³/mol. The Morgan fingerprint density at radius 3 is 2.76 bits per heavy atom. The van der Waals surface area contributed by atoms with Crippen LogP contribution in [0.25, 0.3) is 0 Å². The number of amides is 2. The third-order valence-corrected chi connectivity index (χ3v) is 4.10. The smallest absolute Gasteiger partial charge is 0.335 e. The van der Waals surface area contributed by atoms with Crippen LogP contribution >= 0.6 is 0 Å². The van der Waals surface area contributed by atoms with Gasteiger partial charge in [0.05, 0.1) is 5.56 Å². The largest absolute Gasteiger partial charge is 0.478 e. The molecule has 2 aliphatic rings. The second-order valence-corrected chi connectivity index (χ2v) is 5.42. The minimum Gasteiger partial charge on any atom is -0.478 e. The van der Waals surface area contributed by atoms with Crippen LogP contribution < -0.4 is 5.32 Å². The van der Waals surface area contributed by atoms with E-state index in [0.717, 1.165) is 11.1 Å². The number of fused-ring (bicyclic) bond motifs is 1. The van der Waals surface area contributed by atoms with Crippen molar-refractivity contribution in [3.63, 3.8) is 0 Å². The van der Waals surface area contributed by atoms with Crippen molar-refractivity contribution in [2.24, 2.45) is 0 Å². The molecular formula is C15H16N2O4. The van der Waals surface area contributed by atoms with Crippen LogP contribution in [0.5, 0.6) is 0 Å². The van der Waals surface area contributed by atoms with Crippen LogP contribution in [0.4, 0.5) is 0 Å². The Kier molecular flexibility index (Phi) is 3.37. The van der Waals surface area contributed by atoms with Gasteiger partial charge >= 0.3 is 5.97 Å². The summed E-state index contributed by atoms with van der Waals surface area (Å²) in [6.45, 7) is 0.893. The van der Waals surface area contributed by atoms with E-state index < -0.39 is 12.0 Å². The number of hydrogen-bond acceptors (Lipinski definition) is 3. The Hall–Kier alpha value is -2.37. The molecule has 1 atom stereocenters. The molecule has 21 heavy (non-hydrogen) atoms. The summed E-state index contributed by atoms with van der Waals surface area (Å²) in [5.74, 6) is -1.10. The monoisotopic (exact) mass is 288 g/mol. The molecule has 0 aliphatic carbocycles. The summed E-state index contributed by atoms with van der Waals surface area (Å²) in [5.41, 5.74) is 2.00. The molecule has 0 bridgehead atoms. The maximum absolute atomic E-state index is 12.4. The molecule has 1 aromatic carbocycles. The van der Waals surface area contributed by atoms with Gasteiger partial charge in [-0.05, 0) is 30.0 Å².